The van der Waals surface area contributed by atoms with Crippen LogP contribution in [0.3, 0.4) is 0 Å². The number of ketones is 1. The molecule has 1 aliphatic rings. The Morgan fingerprint density at radius 3 is 2.62 bits per heavy atom. The molecule has 0 aromatic heterocycles. The molecule has 0 saturated carbocycles. The number of likely N-dealkylation sites (tertiary alicyclic amines) is 1. The summed E-state index contributed by atoms with van der Waals surface area (Å²) in [5.74, 6) is -1.64. The van der Waals surface area contributed by atoms with Gasteiger partial charge in [-0.05, 0) is 20.8 Å². The molecule has 0 atom stereocenters. The van der Waals surface area contributed by atoms with E-state index in [2.05, 4.69) is 0 Å². The summed E-state index contributed by atoms with van der Waals surface area (Å²) in [5.41, 5.74) is -1.03. The van der Waals surface area contributed by atoms with E-state index in [0.717, 1.165) is 0 Å². The van der Waals surface area contributed by atoms with Crippen molar-refractivity contribution in [2.75, 3.05) is 13.0 Å². The highest BCUT2D eigenvalue weighted by atomic mass is 16.6. The Hall–Kier alpha value is -1.06. The van der Waals surface area contributed by atoms with Crippen LogP contribution in [-0.2, 0) is 9.53 Å². The minimum absolute atomic E-state index is 0.117. The second-order valence-electron chi connectivity index (χ2n) is 3.49. The van der Waals surface area contributed by atoms with Crippen LogP contribution >= 0.6 is 0 Å². The van der Waals surface area contributed by atoms with E-state index >= 15 is 0 Å². The van der Waals surface area contributed by atoms with Gasteiger partial charge in [0.15, 0.2) is 5.78 Å². The molecule has 0 spiro atoms. The fourth-order valence-corrected chi connectivity index (χ4v) is 0.663. The smallest absolute Gasteiger partial charge is 0.410 e. The zero-order chi connectivity index (χ0) is 15.4. The Kier molecular flexibility index (Phi) is 1.15. The van der Waals surface area contributed by atoms with E-state index in [-0.39, 0.29) is 4.90 Å². The van der Waals surface area contributed by atoms with Gasteiger partial charge in [0.05, 0.1) is 9.24 Å². The minimum Gasteiger partial charge on any atom is -0.444 e. The topological polar surface area (TPSA) is 46.6 Å². The van der Waals surface area contributed by atoms with Crippen LogP contribution in [0.15, 0.2) is 0 Å². The number of nitrogens with zero attached hydrogens (tertiary/aromatic N) is 1. The van der Waals surface area contributed by atoms with Gasteiger partial charge in [0.25, 0.3) is 0 Å². The first-order valence-electron chi connectivity index (χ1n) is 6.74. The van der Waals surface area contributed by atoms with Gasteiger partial charge >= 0.3 is 6.09 Å². The fraction of sp³-hybridized carbons (Fsp3) is 0.778. The first kappa shape index (κ1) is 4.44. The Balaban J connectivity index is 3.26. The quantitative estimate of drug-likeness (QED) is 0.578. The third-order valence-corrected chi connectivity index (χ3v) is 1.07. The second-order valence-corrected chi connectivity index (χ2v) is 3.49. The largest absolute Gasteiger partial charge is 0.444 e. The van der Waals surface area contributed by atoms with E-state index in [4.69, 9.17) is 13.0 Å². The van der Waals surface area contributed by atoms with Crippen molar-refractivity contribution in [2.45, 2.75) is 32.7 Å². The molecular weight excluding hydrogens is 170 g/mol. The third-order valence-electron chi connectivity index (χ3n) is 1.07. The number of carbonyl (C=O) groups excluding carboxylic acids is 2. The van der Waals surface area contributed by atoms with Gasteiger partial charge in [-0.3, -0.25) is 4.79 Å². The summed E-state index contributed by atoms with van der Waals surface area (Å²) in [5, 5.41) is 0. The first-order valence-corrected chi connectivity index (χ1v) is 3.74. The summed E-state index contributed by atoms with van der Waals surface area (Å²) in [7, 11) is 0. The van der Waals surface area contributed by atoms with Crippen LogP contribution in [0.4, 0.5) is 4.79 Å². The molecule has 4 nitrogen and oxygen atoms in total. The summed E-state index contributed by atoms with van der Waals surface area (Å²) in [6.45, 7) is -1.76. The van der Waals surface area contributed by atoms with Gasteiger partial charge < -0.3 is 9.64 Å². The van der Waals surface area contributed by atoms with Crippen molar-refractivity contribution in [1.82, 2.24) is 4.90 Å². The number of carbonyl (C=O) groups is 2. The van der Waals surface area contributed by atoms with Crippen molar-refractivity contribution in [3.05, 3.63) is 0 Å². The van der Waals surface area contributed by atoms with Crippen LogP contribution < -0.4 is 0 Å². The molecule has 13 heavy (non-hydrogen) atoms. The van der Waals surface area contributed by atoms with Crippen molar-refractivity contribution in [3.63, 3.8) is 0 Å². The van der Waals surface area contributed by atoms with Gasteiger partial charge in [-0.15, -0.1) is 0 Å². The molecule has 0 radical (unpaired) electrons. The monoisotopic (exact) mass is 191 g/mol. The normalized spacial score (nSPS) is 36.2. The Labute approximate surface area is 86.3 Å². The zero-order valence-electron chi connectivity index (χ0n) is 13.7. The maximum Gasteiger partial charge on any atom is 0.410 e. The molecule has 74 valence electrons. The number of ether oxygens (including phenoxy) is 1. The predicted molar refractivity (Wildman–Crippen MR) is 47.4 cm³/mol. The number of Topliss-reactive ketones (excluding diaryl/α,β-unsaturated/α-hetero) is 1. The summed E-state index contributed by atoms with van der Waals surface area (Å²) in [6.07, 6.45) is -4.56. The molecule has 0 N–H and O–H groups in total. The van der Waals surface area contributed by atoms with Crippen LogP contribution in [0.5, 0.6) is 0 Å². The van der Waals surface area contributed by atoms with Gasteiger partial charge in [-0.2, -0.15) is 0 Å². The predicted octanol–water partition coefficient (Wildman–Crippen LogP) is 1.20. The Bertz CT molecular complexity index is 428. The Morgan fingerprint density at radius 1 is 1.62 bits per heavy atom. The number of hydrogen-bond donors (Lipinski definition) is 0. The van der Waals surface area contributed by atoms with Crippen molar-refractivity contribution in [2.24, 2.45) is 0 Å². The number of amides is 1. The van der Waals surface area contributed by atoms with Crippen LogP contribution in [-0.4, -0.2) is 35.4 Å². The highest BCUT2D eigenvalue weighted by Gasteiger charge is 2.27. The van der Waals surface area contributed by atoms with Crippen molar-refractivity contribution >= 4 is 11.9 Å². The van der Waals surface area contributed by atoms with Crippen molar-refractivity contribution in [1.29, 1.82) is 0 Å². The van der Waals surface area contributed by atoms with E-state index < -0.39 is 36.8 Å². The number of hydrogen-bond acceptors (Lipinski definition) is 3. The van der Waals surface area contributed by atoms with Crippen molar-refractivity contribution < 1.29 is 22.6 Å². The van der Waals surface area contributed by atoms with Gasteiger partial charge in [0.2, 0.25) is 0 Å². The first-order chi connectivity index (χ1) is 8.15. The molecule has 0 aliphatic carbocycles. The van der Waals surface area contributed by atoms with Gasteiger partial charge in [-0.25, -0.2) is 4.79 Å². The zero-order valence-corrected chi connectivity index (χ0v) is 7.67. The van der Waals surface area contributed by atoms with E-state index in [0.29, 0.717) is 0 Å². The molecule has 0 aromatic carbocycles. The molecule has 1 aliphatic heterocycles. The van der Waals surface area contributed by atoms with Crippen molar-refractivity contribution in [3.8, 4) is 0 Å². The van der Waals surface area contributed by atoms with Crippen LogP contribution in [0, 0.1) is 0 Å². The molecule has 1 rings (SSSR count). The second kappa shape index (κ2) is 3.36. The lowest BCUT2D eigenvalue weighted by Gasteiger charge is -2.23. The van der Waals surface area contributed by atoms with Crippen LogP contribution in [0.25, 0.3) is 0 Å². The highest BCUT2D eigenvalue weighted by molar-refractivity contribution is 5.87. The van der Waals surface area contributed by atoms with E-state index in [9.17, 15) is 9.59 Å². The molecule has 0 bridgehead atoms. The van der Waals surface area contributed by atoms with Gasteiger partial charge in [0.1, 0.15) is 5.60 Å². The lowest BCUT2D eigenvalue weighted by molar-refractivity contribution is -0.116. The summed E-state index contributed by atoms with van der Waals surface area (Å²) in [6, 6.07) is 0. The molecule has 1 amide bonds. The summed E-state index contributed by atoms with van der Waals surface area (Å²) >= 11 is 0. The molecule has 0 unspecified atom stereocenters. The molecule has 0 aromatic rings. The molecular formula is C9H15NO3. The highest BCUT2D eigenvalue weighted by Crippen LogP contribution is 2.12. The SMILES string of the molecule is [2H]C1([2H])C(=O)C([2H])([2H])C([2H])([2H])N1C(=O)OC(C)(C)C. The third kappa shape index (κ3) is 3.05. The van der Waals surface area contributed by atoms with Gasteiger partial charge in [0, 0.05) is 18.4 Å². The minimum atomic E-state index is -3.15. The fourth-order valence-electron chi connectivity index (χ4n) is 0.663. The lowest BCUT2D eigenvalue weighted by atomic mass is 10.2. The molecule has 1 fully saturated rings. The summed E-state index contributed by atoms with van der Waals surface area (Å²) in [4.78, 5) is 23.3. The molecule has 1 heterocycles. The summed E-state index contributed by atoms with van der Waals surface area (Å²) < 4.78 is 49.5. The van der Waals surface area contributed by atoms with Crippen LogP contribution in [0.2, 0.25) is 0 Å². The number of rotatable bonds is 0. The maximum absolute atomic E-state index is 11.8. The standard InChI is InChI=1S/C9H15NO3/c1-9(2,3)13-8(12)10-5-4-7(11)6-10/h4-6H2,1-3H3/i4D2,5D2,6D2. The average molecular weight is 191 g/mol. The molecule has 1 saturated heterocycles. The van der Waals surface area contributed by atoms with Crippen LogP contribution in [0.1, 0.15) is 35.4 Å². The molecule has 4 heteroatoms. The van der Waals surface area contributed by atoms with E-state index in [1.54, 1.807) is 0 Å². The van der Waals surface area contributed by atoms with Gasteiger partial charge in [-0.1, -0.05) is 0 Å². The van der Waals surface area contributed by atoms with E-state index in [1.807, 2.05) is 0 Å². The maximum atomic E-state index is 11.8. The Morgan fingerprint density at radius 2 is 2.23 bits per heavy atom. The lowest BCUT2D eigenvalue weighted by Crippen LogP contribution is -2.35. The van der Waals surface area contributed by atoms with E-state index in [1.165, 1.54) is 20.8 Å². The average Bonchev–Trinajstić information content (AvgIpc) is 2.19.